The molecule has 0 aromatic carbocycles. The van der Waals surface area contributed by atoms with Gasteiger partial charge in [-0.05, 0) is 13.0 Å². The van der Waals surface area contributed by atoms with Crippen molar-refractivity contribution in [3.63, 3.8) is 0 Å². The number of hydrogen-bond acceptors (Lipinski definition) is 4. The molecule has 0 spiro atoms. The van der Waals surface area contributed by atoms with Gasteiger partial charge in [0.05, 0.1) is 12.5 Å². The Morgan fingerprint density at radius 1 is 1.19 bits per heavy atom. The second-order valence-electron chi connectivity index (χ2n) is 4.09. The van der Waals surface area contributed by atoms with Crippen LogP contribution in [0.3, 0.4) is 0 Å². The van der Waals surface area contributed by atoms with E-state index < -0.39 is 5.97 Å². The highest BCUT2D eigenvalue weighted by Gasteiger charge is 2.16. The van der Waals surface area contributed by atoms with Crippen LogP contribution in [-0.2, 0) is 4.79 Å². The Kier molecular flexibility index (Phi) is 5.83. The van der Waals surface area contributed by atoms with E-state index in [1.807, 2.05) is 0 Å². The summed E-state index contributed by atoms with van der Waals surface area (Å²) in [7, 11) is 0. The van der Waals surface area contributed by atoms with E-state index in [0.29, 0.717) is 13.0 Å². The first-order chi connectivity index (χ1) is 7.72. The lowest BCUT2D eigenvalue weighted by Gasteiger charge is -2.34. The first-order valence-corrected chi connectivity index (χ1v) is 5.76. The van der Waals surface area contributed by atoms with E-state index in [0.717, 1.165) is 39.1 Å². The molecular formula is C11H19N3O2. The molecule has 0 aromatic heterocycles. The molecule has 1 N–H and O–H groups in total. The molecule has 1 saturated heterocycles. The number of rotatable bonds is 6. The van der Waals surface area contributed by atoms with Crippen molar-refractivity contribution in [1.29, 1.82) is 5.26 Å². The van der Waals surface area contributed by atoms with Crippen molar-refractivity contribution < 1.29 is 9.90 Å². The quantitative estimate of drug-likeness (QED) is 0.662. The number of hydrogen-bond donors (Lipinski definition) is 1. The smallest absolute Gasteiger partial charge is 0.304 e. The molecule has 16 heavy (non-hydrogen) atoms. The molecular weight excluding hydrogens is 206 g/mol. The molecule has 5 heteroatoms. The van der Waals surface area contributed by atoms with Gasteiger partial charge in [-0.2, -0.15) is 5.26 Å². The minimum atomic E-state index is -0.726. The molecule has 0 radical (unpaired) electrons. The van der Waals surface area contributed by atoms with Gasteiger partial charge in [-0.25, -0.2) is 0 Å². The standard InChI is InChI=1S/C11H19N3O2/c12-4-1-2-5-13-7-9-14(10-8-13)6-3-11(15)16/h1-3,5-10H2,(H,15,16). The molecule has 1 rings (SSSR count). The summed E-state index contributed by atoms with van der Waals surface area (Å²) in [6.45, 7) is 5.51. The normalized spacial score (nSPS) is 18.2. The summed E-state index contributed by atoms with van der Waals surface area (Å²) in [5.74, 6) is -0.726. The predicted molar refractivity (Wildman–Crippen MR) is 60.0 cm³/mol. The van der Waals surface area contributed by atoms with Crippen LogP contribution in [0.4, 0.5) is 0 Å². The Morgan fingerprint density at radius 3 is 2.25 bits per heavy atom. The average Bonchev–Trinajstić information content (AvgIpc) is 2.28. The van der Waals surface area contributed by atoms with Gasteiger partial charge in [0.2, 0.25) is 0 Å². The monoisotopic (exact) mass is 225 g/mol. The van der Waals surface area contributed by atoms with Crippen molar-refractivity contribution in [3.05, 3.63) is 0 Å². The van der Waals surface area contributed by atoms with Gasteiger partial charge in [0.15, 0.2) is 0 Å². The lowest BCUT2D eigenvalue weighted by atomic mass is 10.2. The van der Waals surface area contributed by atoms with Gasteiger partial charge >= 0.3 is 5.97 Å². The molecule has 1 fully saturated rings. The molecule has 5 nitrogen and oxygen atoms in total. The predicted octanol–water partition coefficient (Wildman–Crippen LogP) is 0.382. The minimum Gasteiger partial charge on any atom is -0.481 e. The van der Waals surface area contributed by atoms with Crippen molar-refractivity contribution >= 4 is 5.97 Å². The van der Waals surface area contributed by atoms with Crippen LogP contribution in [0.15, 0.2) is 0 Å². The summed E-state index contributed by atoms with van der Waals surface area (Å²) >= 11 is 0. The summed E-state index contributed by atoms with van der Waals surface area (Å²) in [5.41, 5.74) is 0. The minimum absolute atomic E-state index is 0.231. The van der Waals surface area contributed by atoms with Crippen LogP contribution in [-0.4, -0.2) is 60.1 Å². The van der Waals surface area contributed by atoms with Gasteiger partial charge in [0.25, 0.3) is 0 Å². The highest BCUT2D eigenvalue weighted by molar-refractivity contribution is 5.66. The zero-order valence-electron chi connectivity index (χ0n) is 9.56. The Morgan fingerprint density at radius 2 is 1.75 bits per heavy atom. The lowest BCUT2D eigenvalue weighted by Crippen LogP contribution is -2.47. The zero-order chi connectivity index (χ0) is 11.8. The third-order valence-corrected chi connectivity index (χ3v) is 2.87. The molecule has 1 aliphatic rings. The van der Waals surface area contributed by atoms with Crippen LogP contribution in [0.25, 0.3) is 0 Å². The van der Waals surface area contributed by atoms with Crippen molar-refractivity contribution in [1.82, 2.24) is 9.80 Å². The SMILES string of the molecule is N#CCCCN1CCN(CCC(=O)O)CC1. The maximum Gasteiger partial charge on any atom is 0.304 e. The summed E-state index contributed by atoms with van der Waals surface area (Å²) in [6.07, 6.45) is 1.79. The molecule has 0 unspecified atom stereocenters. The average molecular weight is 225 g/mol. The largest absolute Gasteiger partial charge is 0.481 e. The van der Waals surface area contributed by atoms with E-state index in [1.54, 1.807) is 0 Å². The van der Waals surface area contributed by atoms with Crippen LogP contribution in [0.2, 0.25) is 0 Å². The highest BCUT2D eigenvalue weighted by Crippen LogP contribution is 2.04. The molecule has 0 aliphatic carbocycles. The Balaban J connectivity index is 2.09. The number of nitriles is 1. The second kappa shape index (κ2) is 7.20. The van der Waals surface area contributed by atoms with E-state index in [-0.39, 0.29) is 6.42 Å². The molecule has 0 amide bonds. The van der Waals surface area contributed by atoms with E-state index >= 15 is 0 Å². The van der Waals surface area contributed by atoms with Gasteiger partial charge in [0, 0.05) is 39.1 Å². The molecule has 0 bridgehead atoms. The van der Waals surface area contributed by atoms with E-state index in [2.05, 4.69) is 15.9 Å². The summed E-state index contributed by atoms with van der Waals surface area (Å²) < 4.78 is 0. The molecule has 1 heterocycles. The Hall–Kier alpha value is -1.12. The zero-order valence-corrected chi connectivity index (χ0v) is 9.56. The second-order valence-corrected chi connectivity index (χ2v) is 4.09. The van der Waals surface area contributed by atoms with Crippen LogP contribution in [0.1, 0.15) is 19.3 Å². The van der Waals surface area contributed by atoms with Gasteiger partial charge in [0.1, 0.15) is 0 Å². The number of piperazine rings is 1. The van der Waals surface area contributed by atoms with Gasteiger partial charge in [-0.3, -0.25) is 4.79 Å². The van der Waals surface area contributed by atoms with Crippen molar-refractivity contribution in [3.8, 4) is 6.07 Å². The molecule has 0 saturated carbocycles. The Labute approximate surface area is 96.3 Å². The first kappa shape index (κ1) is 12.9. The van der Waals surface area contributed by atoms with Gasteiger partial charge in [-0.15, -0.1) is 0 Å². The number of nitrogens with zero attached hydrogens (tertiary/aromatic N) is 3. The van der Waals surface area contributed by atoms with Crippen LogP contribution >= 0.6 is 0 Å². The number of unbranched alkanes of at least 4 members (excludes halogenated alkanes) is 1. The number of carboxylic acid groups (broad SMARTS) is 1. The van der Waals surface area contributed by atoms with Crippen LogP contribution < -0.4 is 0 Å². The summed E-state index contributed by atoms with van der Waals surface area (Å²) in [5, 5.41) is 17.0. The van der Waals surface area contributed by atoms with Crippen molar-refractivity contribution in [2.24, 2.45) is 0 Å². The molecule has 90 valence electrons. The third kappa shape index (κ3) is 5.10. The lowest BCUT2D eigenvalue weighted by molar-refractivity contribution is -0.137. The highest BCUT2D eigenvalue weighted by atomic mass is 16.4. The fraction of sp³-hybridized carbons (Fsp3) is 0.818. The van der Waals surface area contributed by atoms with Crippen molar-refractivity contribution in [2.75, 3.05) is 39.3 Å². The number of aliphatic carboxylic acids is 1. The topological polar surface area (TPSA) is 67.6 Å². The van der Waals surface area contributed by atoms with Crippen LogP contribution in [0.5, 0.6) is 0 Å². The van der Waals surface area contributed by atoms with Crippen molar-refractivity contribution in [2.45, 2.75) is 19.3 Å². The van der Waals surface area contributed by atoms with Gasteiger partial charge < -0.3 is 14.9 Å². The van der Waals surface area contributed by atoms with Gasteiger partial charge in [-0.1, -0.05) is 0 Å². The van der Waals surface area contributed by atoms with E-state index in [9.17, 15) is 4.79 Å². The fourth-order valence-corrected chi connectivity index (χ4v) is 1.87. The maximum atomic E-state index is 10.4. The Bertz CT molecular complexity index is 254. The number of carbonyl (C=O) groups is 1. The maximum absolute atomic E-state index is 10.4. The first-order valence-electron chi connectivity index (χ1n) is 5.76. The molecule has 1 aliphatic heterocycles. The van der Waals surface area contributed by atoms with E-state index in [4.69, 9.17) is 10.4 Å². The van der Waals surface area contributed by atoms with E-state index in [1.165, 1.54) is 0 Å². The third-order valence-electron chi connectivity index (χ3n) is 2.87. The number of carboxylic acids is 1. The van der Waals surface area contributed by atoms with Crippen LogP contribution in [0, 0.1) is 11.3 Å². The fourth-order valence-electron chi connectivity index (χ4n) is 1.87. The summed E-state index contributed by atoms with van der Waals surface area (Å²) in [4.78, 5) is 14.9. The summed E-state index contributed by atoms with van der Waals surface area (Å²) in [6, 6.07) is 2.15. The molecule has 0 atom stereocenters. The molecule has 0 aromatic rings.